The lowest BCUT2D eigenvalue weighted by Gasteiger charge is -2.39. The van der Waals surface area contributed by atoms with Crippen LogP contribution in [0.3, 0.4) is 0 Å². The molecule has 1 aromatic carbocycles. The van der Waals surface area contributed by atoms with Crippen LogP contribution in [0.4, 0.5) is 0 Å². The van der Waals surface area contributed by atoms with Crippen molar-refractivity contribution >= 4 is 11.8 Å². The molecule has 2 saturated heterocycles. The third-order valence-corrected chi connectivity index (χ3v) is 7.99. The van der Waals surface area contributed by atoms with Crippen molar-refractivity contribution in [3.05, 3.63) is 35.9 Å². The number of amides is 2. The maximum absolute atomic E-state index is 12.9. The monoisotopic (exact) mass is 442 g/mol. The minimum absolute atomic E-state index is 0.0292. The van der Waals surface area contributed by atoms with Crippen molar-refractivity contribution in [3.8, 4) is 0 Å². The van der Waals surface area contributed by atoms with Crippen LogP contribution in [0.15, 0.2) is 30.3 Å². The molecule has 2 amide bonds. The molecule has 7 nitrogen and oxygen atoms in total. The van der Waals surface area contributed by atoms with E-state index in [1.165, 1.54) is 5.56 Å². The molecule has 7 heteroatoms. The van der Waals surface area contributed by atoms with Crippen molar-refractivity contribution in [2.24, 2.45) is 5.92 Å². The van der Waals surface area contributed by atoms with Crippen molar-refractivity contribution in [2.45, 2.75) is 49.7 Å². The van der Waals surface area contributed by atoms with Gasteiger partial charge in [0.1, 0.15) is 0 Å². The summed E-state index contributed by atoms with van der Waals surface area (Å²) < 4.78 is 0. The average Bonchev–Trinajstić information content (AvgIpc) is 3.05. The molecule has 1 aliphatic carbocycles. The first-order valence-electron chi connectivity index (χ1n) is 12.1. The molecule has 2 heterocycles. The molecule has 0 radical (unpaired) electrons. The van der Waals surface area contributed by atoms with Crippen LogP contribution in [0.1, 0.15) is 37.7 Å². The van der Waals surface area contributed by atoms with Gasteiger partial charge in [-0.1, -0.05) is 30.3 Å². The minimum atomic E-state index is -0.346. The van der Waals surface area contributed by atoms with E-state index in [0.717, 1.165) is 51.9 Å². The normalized spacial score (nSPS) is 32.7. The minimum Gasteiger partial charge on any atom is -0.391 e. The standard InChI is InChI=1S/C25H38N4O3/c1-27-12-14-29(15-13-27)21-8-10-25(11-9-22(21)30,20-6-4-3-5-7-20)18-26-24(32)19-16-23(31)28(2)17-19/h3-7,19,21-22,30H,8-18H2,1-2H3,(H,26,32)/t19?,21-,22-,25-/m0/s1. The number of nitrogens with zero attached hydrogens (tertiary/aromatic N) is 3. The number of hydrogen-bond acceptors (Lipinski definition) is 5. The van der Waals surface area contributed by atoms with Gasteiger partial charge >= 0.3 is 0 Å². The highest BCUT2D eigenvalue weighted by Gasteiger charge is 2.41. The Morgan fingerprint density at radius 2 is 1.78 bits per heavy atom. The number of likely N-dealkylation sites (tertiary alicyclic amines) is 1. The summed E-state index contributed by atoms with van der Waals surface area (Å²) in [6.45, 7) is 5.11. The van der Waals surface area contributed by atoms with Gasteiger partial charge in [-0.15, -0.1) is 0 Å². The number of carbonyl (C=O) groups is 2. The van der Waals surface area contributed by atoms with E-state index in [1.54, 1.807) is 11.9 Å². The van der Waals surface area contributed by atoms with E-state index in [0.29, 0.717) is 19.5 Å². The van der Waals surface area contributed by atoms with Gasteiger partial charge in [-0.05, 0) is 38.3 Å². The van der Waals surface area contributed by atoms with Crippen molar-refractivity contribution in [1.29, 1.82) is 0 Å². The highest BCUT2D eigenvalue weighted by Crippen LogP contribution is 2.39. The molecule has 1 saturated carbocycles. The summed E-state index contributed by atoms with van der Waals surface area (Å²) in [5.74, 6) is -0.260. The molecule has 1 unspecified atom stereocenters. The Balaban J connectivity index is 1.48. The number of benzene rings is 1. The average molecular weight is 443 g/mol. The first-order chi connectivity index (χ1) is 15.4. The maximum Gasteiger partial charge on any atom is 0.225 e. The van der Waals surface area contributed by atoms with Gasteiger partial charge in [-0.25, -0.2) is 0 Å². The highest BCUT2D eigenvalue weighted by atomic mass is 16.3. The first kappa shape index (κ1) is 23.2. The van der Waals surface area contributed by atoms with Crippen molar-refractivity contribution in [1.82, 2.24) is 20.0 Å². The van der Waals surface area contributed by atoms with Crippen LogP contribution in [0, 0.1) is 5.92 Å². The van der Waals surface area contributed by atoms with Crippen LogP contribution in [0.25, 0.3) is 0 Å². The summed E-state index contributed by atoms with van der Waals surface area (Å²) >= 11 is 0. The molecule has 0 aromatic heterocycles. The first-order valence-corrected chi connectivity index (χ1v) is 12.1. The molecule has 2 aliphatic heterocycles. The lowest BCUT2D eigenvalue weighted by molar-refractivity contribution is -0.128. The summed E-state index contributed by atoms with van der Waals surface area (Å²) in [5, 5.41) is 14.3. The lowest BCUT2D eigenvalue weighted by atomic mass is 9.74. The van der Waals surface area contributed by atoms with Crippen molar-refractivity contribution in [3.63, 3.8) is 0 Å². The number of rotatable bonds is 5. The number of likely N-dealkylation sites (N-methyl/N-ethyl adjacent to an activating group) is 1. The zero-order valence-corrected chi connectivity index (χ0v) is 19.5. The van der Waals surface area contributed by atoms with Crippen LogP contribution in [0.2, 0.25) is 0 Å². The molecule has 32 heavy (non-hydrogen) atoms. The summed E-state index contributed by atoms with van der Waals surface area (Å²) in [6, 6.07) is 10.6. The topological polar surface area (TPSA) is 76.1 Å². The Kier molecular flexibility index (Phi) is 7.17. The van der Waals surface area contributed by atoms with Gasteiger partial charge < -0.3 is 20.2 Å². The van der Waals surface area contributed by atoms with Gasteiger partial charge in [0.05, 0.1) is 12.0 Å². The molecule has 2 N–H and O–H groups in total. The largest absolute Gasteiger partial charge is 0.391 e. The number of hydrogen-bond donors (Lipinski definition) is 2. The maximum atomic E-state index is 12.9. The number of carbonyl (C=O) groups excluding carboxylic acids is 2. The van der Waals surface area contributed by atoms with Gasteiger partial charge in [0.25, 0.3) is 0 Å². The SMILES string of the molecule is CN1CCN([C@H]2CC[C@](CNC(=O)C3CC(=O)N(C)C3)(c3ccccc3)CC[C@@H]2O)CC1. The Morgan fingerprint density at radius 1 is 1.09 bits per heavy atom. The van der Waals surface area contributed by atoms with E-state index in [4.69, 9.17) is 0 Å². The fraction of sp³-hybridized carbons (Fsp3) is 0.680. The second-order valence-electron chi connectivity index (χ2n) is 10.1. The summed E-state index contributed by atoms with van der Waals surface area (Å²) in [7, 11) is 3.91. The second-order valence-corrected chi connectivity index (χ2v) is 10.1. The zero-order chi connectivity index (χ0) is 22.7. The number of piperazine rings is 1. The Bertz CT molecular complexity index is 796. The van der Waals surface area contributed by atoms with Crippen LogP contribution in [0.5, 0.6) is 0 Å². The van der Waals surface area contributed by atoms with Crippen molar-refractivity contribution in [2.75, 3.05) is 53.4 Å². The van der Waals surface area contributed by atoms with E-state index in [9.17, 15) is 14.7 Å². The molecule has 1 aromatic rings. The van der Waals surface area contributed by atoms with Gasteiger partial charge in [-0.2, -0.15) is 0 Å². The fourth-order valence-electron chi connectivity index (χ4n) is 5.74. The van der Waals surface area contributed by atoms with Crippen LogP contribution in [-0.2, 0) is 15.0 Å². The van der Waals surface area contributed by atoms with Gasteiger partial charge in [-0.3, -0.25) is 14.5 Å². The van der Waals surface area contributed by atoms with Gasteiger partial charge in [0.15, 0.2) is 0 Å². The molecule has 3 fully saturated rings. The number of aliphatic hydroxyl groups is 1. The Hall–Kier alpha value is -1.96. The highest BCUT2D eigenvalue weighted by molar-refractivity contribution is 5.89. The van der Waals surface area contributed by atoms with Crippen LogP contribution < -0.4 is 5.32 Å². The quantitative estimate of drug-likeness (QED) is 0.668. The molecular formula is C25H38N4O3. The smallest absolute Gasteiger partial charge is 0.225 e. The van der Waals surface area contributed by atoms with E-state index >= 15 is 0 Å². The second kappa shape index (κ2) is 9.89. The zero-order valence-electron chi connectivity index (χ0n) is 19.5. The van der Waals surface area contributed by atoms with Gasteiger partial charge in [0.2, 0.25) is 11.8 Å². The molecular weight excluding hydrogens is 404 g/mol. The predicted octanol–water partition coefficient (Wildman–Crippen LogP) is 1.07. The molecule has 4 atom stereocenters. The Morgan fingerprint density at radius 3 is 2.44 bits per heavy atom. The van der Waals surface area contributed by atoms with E-state index in [2.05, 4.69) is 46.4 Å². The van der Waals surface area contributed by atoms with E-state index in [1.807, 2.05) is 6.07 Å². The number of nitrogens with one attached hydrogen (secondary N) is 1. The lowest BCUT2D eigenvalue weighted by Crippen LogP contribution is -2.52. The number of aliphatic hydroxyl groups excluding tert-OH is 1. The summed E-state index contributed by atoms with van der Waals surface area (Å²) in [6.07, 6.45) is 3.36. The molecule has 0 spiro atoms. The van der Waals surface area contributed by atoms with Crippen LogP contribution >= 0.6 is 0 Å². The third kappa shape index (κ3) is 5.00. The molecule has 4 rings (SSSR count). The summed E-state index contributed by atoms with van der Waals surface area (Å²) in [4.78, 5) is 31.2. The fourth-order valence-corrected chi connectivity index (χ4v) is 5.74. The predicted molar refractivity (Wildman–Crippen MR) is 124 cm³/mol. The summed E-state index contributed by atoms with van der Waals surface area (Å²) in [5.41, 5.74) is 1.03. The Labute approximate surface area is 191 Å². The molecule has 0 bridgehead atoms. The van der Waals surface area contributed by atoms with Crippen LogP contribution in [-0.4, -0.2) is 97.1 Å². The molecule has 176 valence electrons. The van der Waals surface area contributed by atoms with Crippen molar-refractivity contribution < 1.29 is 14.7 Å². The third-order valence-electron chi connectivity index (χ3n) is 7.99. The van der Waals surface area contributed by atoms with E-state index < -0.39 is 0 Å². The molecule has 3 aliphatic rings. The van der Waals surface area contributed by atoms with Gasteiger partial charge in [0, 0.05) is 64.2 Å². The van der Waals surface area contributed by atoms with E-state index in [-0.39, 0.29) is 35.3 Å².